The summed E-state index contributed by atoms with van der Waals surface area (Å²) in [5.74, 6) is -0.0868. The minimum absolute atomic E-state index is 0.0868. The van der Waals surface area contributed by atoms with Crippen molar-refractivity contribution in [1.82, 2.24) is 0 Å². The molecule has 4 heteroatoms. The van der Waals surface area contributed by atoms with Crippen LogP contribution < -0.4 is 5.32 Å². The molecule has 23 heavy (non-hydrogen) atoms. The topological polar surface area (TPSA) is 42.2 Å². The van der Waals surface area contributed by atoms with E-state index in [1.165, 1.54) is 11.1 Å². The number of carbonyl (C=O) groups excluding carboxylic acids is 1. The van der Waals surface area contributed by atoms with Gasteiger partial charge in [-0.3, -0.25) is 4.79 Å². The van der Waals surface area contributed by atoms with Gasteiger partial charge in [0.05, 0.1) is 12.7 Å². The van der Waals surface area contributed by atoms with E-state index < -0.39 is 0 Å². The number of aryl methyl sites for hydroxylation is 3. The predicted molar refractivity (Wildman–Crippen MR) is 94.2 cm³/mol. The van der Waals surface area contributed by atoms with Gasteiger partial charge in [-0.2, -0.15) is 0 Å². The Kier molecular flexibility index (Phi) is 4.14. The highest BCUT2D eigenvalue weighted by atomic mass is 35.5. The Morgan fingerprint density at radius 1 is 1.09 bits per heavy atom. The van der Waals surface area contributed by atoms with Crippen molar-refractivity contribution >= 4 is 34.2 Å². The van der Waals surface area contributed by atoms with Gasteiger partial charge in [0.2, 0.25) is 5.91 Å². The fraction of sp³-hybridized carbons (Fsp3) is 0.211. The number of benzene rings is 2. The van der Waals surface area contributed by atoms with E-state index in [0.29, 0.717) is 5.02 Å². The van der Waals surface area contributed by atoms with Crippen molar-refractivity contribution in [3.8, 4) is 0 Å². The minimum atomic E-state index is -0.0868. The van der Waals surface area contributed by atoms with Crippen LogP contribution >= 0.6 is 11.6 Å². The van der Waals surface area contributed by atoms with Crippen LogP contribution in [0.15, 0.2) is 41.0 Å². The van der Waals surface area contributed by atoms with Crippen LogP contribution in [0.1, 0.15) is 22.3 Å². The highest BCUT2D eigenvalue weighted by molar-refractivity contribution is 6.31. The number of rotatable bonds is 3. The molecule has 1 N–H and O–H groups in total. The van der Waals surface area contributed by atoms with Crippen molar-refractivity contribution in [2.75, 3.05) is 5.32 Å². The second-order valence-corrected chi connectivity index (χ2v) is 6.31. The van der Waals surface area contributed by atoms with Crippen molar-refractivity contribution in [3.63, 3.8) is 0 Å². The molecule has 1 heterocycles. The van der Waals surface area contributed by atoms with Gasteiger partial charge in [-0.25, -0.2) is 0 Å². The Balaban J connectivity index is 1.83. The van der Waals surface area contributed by atoms with E-state index in [9.17, 15) is 4.79 Å². The van der Waals surface area contributed by atoms with E-state index in [0.717, 1.165) is 27.8 Å². The average molecular weight is 328 g/mol. The van der Waals surface area contributed by atoms with Crippen LogP contribution in [-0.2, 0) is 11.2 Å². The molecule has 0 spiro atoms. The molecule has 0 aliphatic rings. The summed E-state index contributed by atoms with van der Waals surface area (Å²) in [5.41, 5.74) is 5.78. The number of nitrogens with one attached hydrogen (secondary N) is 1. The van der Waals surface area contributed by atoms with Crippen LogP contribution in [0.25, 0.3) is 11.0 Å². The van der Waals surface area contributed by atoms with E-state index in [2.05, 4.69) is 18.3 Å². The first-order chi connectivity index (χ1) is 10.9. The van der Waals surface area contributed by atoms with Crippen molar-refractivity contribution in [2.45, 2.75) is 27.2 Å². The summed E-state index contributed by atoms with van der Waals surface area (Å²) in [6.45, 7) is 6.04. The molecule has 0 aliphatic carbocycles. The molecular formula is C19H18ClNO2. The minimum Gasteiger partial charge on any atom is -0.464 e. The molecule has 2 aromatic carbocycles. The first-order valence-electron chi connectivity index (χ1n) is 7.47. The third kappa shape index (κ3) is 3.25. The molecule has 118 valence electrons. The highest BCUT2D eigenvalue weighted by Gasteiger charge is 2.12. The largest absolute Gasteiger partial charge is 0.464 e. The zero-order valence-electron chi connectivity index (χ0n) is 13.4. The molecule has 1 amide bonds. The smallest absolute Gasteiger partial charge is 0.228 e. The highest BCUT2D eigenvalue weighted by Crippen LogP contribution is 2.26. The number of amides is 1. The maximum Gasteiger partial charge on any atom is 0.228 e. The zero-order chi connectivity index (χ0) is 16.6. The van der Waals surface area contributed by atoms with E-state index in [-0.39, 0.29) is 12.3 Å². The lowest BCUT2D eigenvalue weighted by Crippen LogP contribution is -2.15. The summed E-state index contributed by atoms with van der Waals surface area (Å²) in [7, 11) is 0. The van der Waals surface area contributed by atoms with Gasteiger partial charge in [0.15, 0.2) is 0 Å². The molecule has 0 atom stereocenters. The van der Waals surface area contributed by atoms with E-state index in [1.807, 2.05) is 26.0 Å². The lowest BCUT2D eigenvalue weighted by Gasteiger charge is -2.08. The molecule has 0 saturated heterocycles. The van der Waals surface area contributed by atoms with Gasteiger partial charge in [0.25, 0.3) is 0 Å². The Morgan fingerprint density at radius 2 is 1.83 bits per heavy atom. The van der Waals surface area contributed by atoms with Crippen LogP contribution in [0.4, 0.5) is 5.69 Å². The van der Waals surface area contributed by atoms with Crippen LogP contribution in [0.5, 0.6) is 0 Å². The standard InChI is InChI=1S/C19H18ClNO2/c1-11-4-5-15(20)9-17(11)21-19(22)8-14-10-23-18-7-13(3)12(2)6-16(14)18/h4-7,9-10H,8H2,1-3H3,(H,21,22). The second-order valence-electron chi connectivity index (χ2n) is 5.88. The second kappa shape index (κ2) is 6.09. The normalized spacial score (nSPS) is 11.0. The third-order valence-electron chi connectivity index (χ3n) is 4.09. The number of anilines is 1. The first kappa shape index (κ1) is 15.6. The SMILES string of the molecule is Cc1cc2occ(CC(=O)Nc3cc(Cl)ccc3C)c2cc1C. The fourth-order valence-corrected chi connectivity index (χ4v) is 2.74. The maximum atomic E-state index is 12.3. The van der Waals surface area contributed by atoms with E-state index >= 15 is 0 Å². The van der Waals surface area contributed by atoms with Crippen LogP contribution in [0.3, 0.4) is 0 Å². The molecule has 3 nitrogen and oxygen atoms in total. The number of halogens is 1. The van der Waals surface area contributed by atoms with Crippen molar-refractivity contribution < 1.29 is 9.21 Å². The monoisotopic (exact) mass is 327 g/mol. The summed E-state index contributed by atoms with van der Waals surface area (Å²) in [6, 6.07) is 9.53. The van der Waals surface area contributed by atoms with Gasteiger partial charge in [-0.1, -0.05) is 17.7 Å². The average Bonchev–Trinajstić information content (AvgIpc) is 2.85. The summed E-state index contributed by atoms with van der Waals surface area (Å²) >= 11 is 5.99. The van der Waals surface area contributed by atoms with E-state index in [4.69, 9.17) is 16.0 Å². The molecule has 0 aliphatic heterocycles. The molecule has 0 bridgehead atoms. The van der Waals surface area contributed by atoms with Crippen molar-refractivity contribution in [2.24, 2.45) is 0 Å². The van der Waals surface area contributed by atoms with Gasteiger partial charge in [-0.05, 0) is 61.7 Å². The Labute approximate surface area is 140 Å². The van der Waals surface area contributed by atoms with Gasteiger partial charge >= 0.3 is 0 Å². The van der Waals surface area contributed by atoms with Gasteiger partial charge < -0.3 is 9.73 Å². The van der Waals surface area contributed by atoms with Gasteiger partial charge in [-0.15, -0.1) is 0 Å². The lowest BCUT2D eigenvalue weighted by atomic mass is 10.0. The fourth-order valence-electron chi connectivity index (χ4n) is 2.57. The van der Waals surface area contributed by atoms with E-state index in [1.54, 1.807) is 18.4 Å². The predicted octanol–water partition coefficient (Wildman–Crippen LogP) is 5.19. The number of carbonyl (C=O) groups is 1. The molecular weight excluding hydrogens is 310 g/mol. The molecule has 0 unspecified atom stereocenters. The quantitative estimate of drug-likeness (QED) is 0.719. The first-order valence-corrected chi connectivity index (χ1v) is 7.85. The number of hydrogen-bond donors (Lipinski definition) is 1. The molecule has 1 aromatic heterocycles. The number of hydrogen-bond acceptors (Lipinski definition) is 2. The Bertz CT molecular complexity index is 896. The van der Waals surface area contributed by atoms with Crippen molar-refractivity contribution in [3.05, 3.63) is 63.9 Å². The molecule has 3 rings (SSSR count). The molecule has 0 fully saturated rings. The summed E-state index contributed by atoms with van der Waals surface area (Å²) in [5, 5.41) is 4.51. The van der Waals surface area contributed by atoms with Crippen LogP contribution in [0.2, 0.25) is 5.02 Å². The molecule has 3 aromatic rings. The summed E-state index contributed by atoms with van der Waals surface area (Å²) in [4.78, 5) is 12.3. The number of furan rings is 1. The Hall–Kier alpha value is -2.26. The van der Waals surface area contributed by atoms with Crippen LogP contribution in [0, 0.1) is 20.8 Å². The van der Waals surface area contributed by atoms with Crippen LogP contribution in [-0.4, -0.2) is 5.91 Å². The summed E-state index contributed by atoms with van der Waals surface area (Å²) in [6.07, 6.45) is 1.93. The third-order valence-corrected chi connectivity index (χ3v) is 4.33. The van der Waals surface area contributed by atoms with Gasteiger partial charge in [0.1, 0.15) is 5.58 Å². The lowest BCUT2D eigenvalue weighted by molar-refractivity contribution is -0.115. The number of fused-ring (bicyclic) bond motifs is 1. The maximum absolute atomic E-state index is 12.3. The Morgan fingerprint density at radius 3 is 2.61 bits per heavy atom. The van der Waals surface area contributed by atoms with Crippen molar-refractivity contribution in [1.29, 1.82) is 0 Å². The zero-order valence-corrected chi connectivity index (χ0v) is 14.1. The summed E-state index contributed by atoms with van der Waals surface area (Å²) < 4.78 is 5.58. The molecule has 0 saturated carbocycles. The molecule has 0 radical (unpaired) electrons. The van der Waals surface area contributed by atoms with Gasteiger partial charge in [0, 0.05) is 21.7 Å².